The van der Waals surface area contributed by atoms with Crippen LogP contribution in [0.15, 0.2) is 9.59 Å². The smallest absolute Gasteiger partial charge is 0.291 e. The number of aryl methyl sites for hydroxylation is 1. The first-order valence-corrected chi connectivity index (χ1v) is 7.40. The van der Waals surface area contributed by atoms with E-state index in [-0.39, 0.29) is 11.1 Å². The van der Waals surface area contributed by atoms with Gasteiger partial charge in [-0.05, 0) is 37.9 Å². The number of pyridine rings is 1. The Hall–Kier alpha value is -1.95. The molecule has 0 unspecified atom stereocenters. The molecule has 0 aromatic carbocycles. The monoisotopic (exact) mass is 286 g/mol. The van der Waals surface area contributed by atoms with Gasteiger partial charge in [-0.3, -0.25) is 19.7 Å². The van der Waals surface area contributed by atoms with E-state index >= 15 is 0 Å². The molecule has 4 rings (SSSR count). The normalized spacial score (nSPS) is 20.5. The average molecular weight is 286 g/mol. The van der Waals surface area contributed by atoms with Gasteiger partial charge in [-0.25, -0.2) is 9.78 Å². The van der Waals surface area contributed by atoms with Gasteiger partial charge in [-0.15, -0.1) is 0 Å². The summed E-state index contributed by atoms with van der Waals surface area (Å²) in [6, 6.07) is 0. The molecule has 0 saturated heterocycles. The van der Waals surface area contributed by atoms with E-state index in [9.17, 15) is 9.59 Å². The molecule has 2 aromatic rings. The molecule has 21 heavy (non-hydrogen) atoms. The Morgan fingerprint density at radius 2 is 1.90 bits per heavy atom. The van der Waals surface area contributed by atoms with Crippen molar-refractivity contribution in [3.63, 3.8) is 0 Å². The maximum absolute atomic E-state index is 12.1. The highest BCUT2D eigenvalue weighted by Gasteiger charge is 2.47. The molecule has 2 N–H and O–H groups in total. The lowest BCUT2D eigenvalue weighted by molar-refractivity contribution is 0.140. The van der Waals surface area contributed by atoms with Gasteiger partial charge >= 0.3 is 5.69 Å². The minimum absolute atomic E-state index is 0.00618. The molecule has 2 aliphatic rings. The summed E-state index contributed by atoms with van der Waals surface area (Å²) in [4.78, 5) is 35.7. The number of nitrogens with one attached hydrogen (secondary N) is 2. The third kappa shape index (κ3) is 1.53. The van der Waals surface area contributed by atoms with Crippen molar-refractivity contribution < 1.29 is 0 Å². The first kappa shape index (κ1) is 12.8. The Bertz CT molecular complexity index is 858. The molecular weight excluding hydrogens is 268 g/mol. The molecule has 1 aliphatic heterocycles. The Labute approximate surface area is 121 Å². The zero-order chi connectivity index (χ0) is 14.8. The molecule has 0 bridgehead atoms. The van der Waals surface area contributed by atoms with Crippen LogP contribution in [0.3, 0.4) is 0 Å². The molecule has 0 amide bonds. The molecule has 2 aromatic heterocycles. The molecular formula is C15H18N4O2. The highest BCUT2D eigenvalue weighted by molar-refractivity contribution is 5.79. The van der Waals surface area contributed by atoms with Crippen LogP contribution < -0.4 is 11.2 Å². The number of hydrogen-bond acceptors (Lipinski definition) is 4. The van der Waals surface area contributed by atoms with Crippen molar-refractivity contribution in [2.45, 2.75) is 44.7 Å². The fraction of sp³-hybridized carbons (Fsp3) is 0.533. The fourth-order valence-corrected chi connectivity index (χ4v) is 4.14. The summed E-state index contributed by atoms with van der Waals surface area (Å²) in [6.07, 6.45) is 4.60. The lowest BCUT2D eigenvalue weighted by Gasteiger charge is -2.31. The highest BCUT2D eigenvalue weighted by Crippen LogP contribution is 2.49. The van der Waals surface area contributed by atoms with Crippen molar-refractivity contribution in [2.24, 2.45) is 0 Å². The van der Waals surface area contributed by atoms with E-state index < -0.39 is 5.69 Å². The second kappa shape index (κ2) is 4.04. The Morgan fingerprint density at radius 1 is 1.19 bits per heavy atom. The SMILES string of the molecule is Cc1c2c(nc3[nH]c(=O)[nH]c(=O)c13)C1(CCCC1)N(C)C2. The van der Waals surface area contributed by atoms with Gasteiger partial charge in [0.05, 0.1) is 16.6 Å². The van der Waals surface area contributed by atoms with Gasteiger partial charge in [-0.2, -0.15) is 0 Å². The predicted molar refractivity (Wildman–Crippen MR) is 79.3 cm³/mol. The van der Waals surface area contributed by atoms with Crippen molar-refractivity contribution in [3.05, 3.63) is 37.7 Å². The number of H-pyrrole nitrogens is 2. The number of rotatable bonds is 0. The molecule has 1 fully saturated rings. The van der Waals surface area contributed by atoms with E-state index in [0.29, 0.717) is 11.0 Å². The highest BCUT2D eigenvalue weighted by atomic mass is 16.2. The van der Waals surface area contributed by atoms with Crippen molar-refractivity contribution in [1.29, 1.82) is 0 Å². The first-order chi connectivity index (χ1) is 10.0. The van der Waals surface area contributed by atoms with Crippen LogP contribution >= 0.6 is 0 Å². The average Bonchev–Trinajstić information content (AvgIpc) is 3.00. The van der Waals surface area contributed by atoms with E-state index in [1.807, 2.05) is 6.92 Å². The predicted octanol–water partition coefficient (Wildman–Crippen LogP) is 1.13. The van der Waals surface area contributed by atoms with Gasteiger partial charge in [0.1, 0.15) is 5.65 Å². The van der Waals surface area contributed by atoms with Crippen LogP contribution in [-0.4, -0.2) is 26.9 Å². The summed E-state index contributed by atoms with van der Waals surface area (Å²) >= 11 is 0. The van der Waals surface area contributed by atoms with Crippen molar-refractivity contribution in [2.75, 3.05) is 7.05 Å². The number of aromatic amines is 2. The number of hydrogen-bond donors (Lipinski definition) is 2. The minimum Gasteiger partial charge on any atom is -0.291 e. The van der Waals surface area contributed by atoms with Crippen LogP contribution in [0.25, 0.3) is 11.0 Å². The number of fused-ring (bicyclic) bond motifs is 3. The summed E-state index contributed by atoms with van der Waals surface area (Å²) in [7, 11) is 2.13. The van der Waals surface area contributed by atoms with Crippen LogP contribution in [0.1, 0.15) is 42.5 Å². The first-order valence-electron chi connectivity index (χ1n) is 7.40. The van der Waals surface area contributed by atoms with Crippen LogP contribution in [0.5, 0.6) is 0 Å². The van der Waals surface area contributed by atoms with E-state index in [0.717, 1.165) is 36.2 Å². The maximum atomic E-state index is 12.1. The molecule has 1 spiro atoms. The molecule has 0 radical (unpaired) electrons. The van der Waals surface area contributed by atoms with Gasteiger partial charge in [0.2, 0.25) is 0 Å². The van der Waals surface area contributed by atoms with Crippen LogP contribution in [0, 0.1) is 6.92 Å². The lowest BCUT2D eigenvalue weighted by Crippen LogP contribution is -2.36. The molecule has 3 heterocycles. The molecule has 110 valence electrons. The molecule has 0 atom stereocenters. The van der Waals surface area contributed by atoms with Crippen LogP contribution in [-0.2, 0) is 12.1 Å². The van der Waals surface area contributed by atoms with Gasteiger partial charge in [0, 0.05) is 6.54 Å². The van der Waals surface area contributed by atoms with Gasteiger partial charge in [-0.1, -0.05) is 12.8 Å². The number of aromatic nitrogens is 3. The van der Waals surface area contributed by atoms with Crippen molar-refractivity contribution in [1.82, 2.24) is 19.9 Å². The summed E-state index contributed by atoms with van der Waals surface area (Å²) in [5.74, 6) is 0. The summed E-state index contributed by atoms with van der Waals surface area (Å²) in [5.41, 5.74) is 2.74. The van der Waals surface area contributed by atoms with Crippen molar-refractivity contribution >= 4 is 11.0 Å². The van der Waals surface area contributed by atoms with Crippen molar-refractivity contribution in [3.8, 4) is 0 Å². The lowest BCUT2D eigenvalue weighted by atomic mass is 9.91. The second-order valence-corrected chi connectivity index (χ2v) is 6.29. The molecule has 1 saturated carbocycles. The molecule has 1 aliphatic carbocycles. The zero-order valence-electron chi connectivity index (χ0n) is 12.2. The van der Waals surface area contributed by atoms with Gasteiger partial charge in [0.25, 0.3) is 5.56 Å². The Morgan fingerprint density at radius 3 is 2.62 bits per heavy atom. The fourth-order valence-electron chi connectivity index (χ4n) is 4.14. The third-order valence-electron chi connectivity index (χ3n) is 5.26. The summed E-state index contributed by atoms with van der Waals surface area (Å²) in [6.45, 7) is 2.78. The third-order valence-corrected chi connectivity index (χ3v) is 5.26. The largest absolute Gasteiger partial charge is 0.327 e. The molecule has 6 heteroatoms. The van der Waals surface area contributed by atoms with E-state index in [1.54, 1.807) is 0 Å². The van der Waals surface area contributed by atoms with E-state index in [4.69, 9.17) is 4.98 Å². The van der Waals surface area contributed by atoms with E-state index in [1.165, 1.54) is 12.8 Å². The second-order valence-electron chi connectivity index (χ2n) is 6.29. The van der Waals surface area contributed by atoms with Crippen LogP contribution in [0.2, 0.25) is 0 Å². The Kier molecular flexibility index (Phi) is 2.45. The number of nitrogens with zero attached hydrogens (tertiary/aromatic N) is 2. The summed E-state index contributed by atoms with van der Waals surface area (Å²) < 4.78 is 0. The van der Waals surface area contributed by atoms with Gasteiger partial charge in [0.15, 0.2) is 0 Å². The summed E-state index contributed by atoms with van der Waals surface area (Å²) in [5, 5.41) is 0.511. The topological polar surface area (TPSA) is 81.8 Å². The molecule has 6 nitrogen and oxygen atoms in total. The standard InChI is InChI=1S/C15H18N4O2/c1-8-9-7-19(2)15(5-3-4-6-15)11(9)16-12-10(8)13(20)18-14(21)17-12/h3-7H2,1-2H3,(H2,16,17,18,20,21). The van der Waals surface area contributed by atoms with Gasteiger partial charge < -0.3 is 0 Å². The van der Waals surface area contributed by atoms with Crippen LogP contribution in [0.4, 0.5) is 0 Å². The quantitative estimate of drug-likeness (QED) is 0.760. The Balaban J connectivity index is 2.11. The zero-order valence-corrected chi connectivity index (χ0v) is 12.2. The minimum atomic E-state index is -0.494. The maximum Gasteiger partial charge on any atom is 0.327 e. The van der Waals surface area contributed by atoms with E-state index in [2.05, 4.69) is 21.9 Å².